The van der Waals surface area contributed by atoms with Gasteiger partial charge in [-0.1, -0.05) is 24.3 Å². The van der Waals surface area contributed by atoms with Gasteiger partial charge in [0.15, 0.2) is 0 Å². The highest BCUT2D eigenvalue weighted by Gasteiger charge is 2.49. The summed E-state index contributed by atoms with van der Waals surface area (Å²) >= 11 is 0. The smallest absolute Gasteiger partial charge is 0.309 e. The van der Waals surface area contributed by atoms with Crippen LogP contribution in [0.1, 0.15) is 17.9 Å². The molecule has 3 heteroatoms. The number of allylic oxidation sites excluding steroid dienone is 2. The van der Waals surface area contributed by atoms with E-state index in [4.69, 9.17) is 9.47 Å². The molecule has 2 bridgehead atoms. The van der Waals surface area contributed by atoms with E-state index >= 15 is 0 Å². The first-order valence-electron chi connectivity index (χ1n) is 6.64. The first kappa shape index (κ1) is 12.3. The van der Waals surface area contributed by atoms with Crippen LogP contribution < -0.4 is 4.74 Å². The number of carbonyl (C=O) groups excluding carboxylic acids is 1. The van der Waals surface area contributed by atoms with E-state index in [9.17, 15) is 4.79 Å². The fourth-order valence-corrected chi connectivity index (χ4v) is 3.56. The van der Waals surface area contributed by atoms with Crippen molar-refractivity contribution < 1.29 is 14.3 Å². The van der Waals surface area contributed by atoms with Crippen molar-refractivity contribution in [3.8, 4) is 5.75 Å². The van der Waals surface area contributed by atoms with E-state index in [1.807, 2.05) is 12.1 Å². The Morgan fingerprint density at radius 1 is 1.11 bits per heavy atom. The molecule has 2 aliphatic carbocycles. The second-order valence-corrected chi connectivity index (χ2v) is 5.30. The lowest BCUT2D eigenvalue weighted by molar-refractivity contribution is -0.146. The molecule has 1 aromatic carbocycles. The summed E-state index contributed by atoms with van der Waals surface area (Å²) in [6.45, 7) is 0. The quantitative estimate of drug-likeness (QED) is 0.617. The SMILES string of the molecule is COC(=O)C1C2C=CC(C2)C1c1ccc(OC)cc1. The summed E-state index contributed by atoms with van der Waals surface area (Å²) in [7, 11) is 3.13. The molecule has 1 fully saturated rings. The molecule has 0 aliphatic heterocycles. The summed E-state index contributed by atoms with van der Waals surface area (Å²) in [5.41, 5.74) is 1.20. The molecular weight excluding hydrogens is 240 g/mol. The van der Waals surface area contributed by atoms with Gasteiger partial charge >= 0.3 is 5.97 Å². The largest absolute Gasteiger partial charge is 0.497 e. The fraction of sp³-hybridized carbons (Fsp3) is 0.438. The van der Waals surface area contributed by atoms with Gasteiger partial charge in [0, 0.05) is 5.92 Å². The fourth-order valence-electron chi connectivity index (χ4n) is 3.56. The predicted molar refractivity (Wildman–Crippen MR) is 72.0 cm³/mol. The van der Waals surface area contributed by atoms with Crippen LogP contribution >= 0.6 is 0 Å². The lowest BCUT2D eigenvalue weighted by Gasteiger charge is -2.26. The molecule has 4 unspecified atom stereocenters. The maximum absolute atomic E-state index is 12.0. The summed E-state index contributed by atoms with van der Waals surface area (Å²) in [6, 6.07) is 8.04. The zero-order valence-electron chi connectivity index (χ0n) is 11.2. The van der Waals surface area contributed by atoms with E-state index in [2.05, 4.69) is 24.3 Å². The van der Waals surface area contributed by atoms with Crippen LogP contribution in [-0.4, -0.2) is 20.2 Å². The zero-order valence-corrected chi connectivity index (χ0v) is 11.2. The van der Waals surface area contributed by atoms with Crippen molar-refractivity contribution in [2.24, 2.45) is 17.8 Å². The summed E-state index contributed by atoms with van der Waals surface area (Å²) in [5.74, 6) is 1.77. The van der Waals surface area contributed by atoms with Gasteiger partial charge in [0.05, 0.1) is 20.1 Å². The van der Waals surface area contributed by atoms with Crippen molar-refractivity contribution in [1.29, 1.82) is 0 Å². The zero-order chi connectivity index (χ0) is 13.4. The maximum Gasteiger partial charge on any atom is 0.309 e. The van der Waals surface area contributed by atoms with Crippen LogP contribution in [0.3, 0.4) is 0 Å². The first-order chi connectivity index (χ1) is 9.24. The molecule has 0 aromatic heterocycles. The van der Waals surface area contributed by atoms with E-state index < -0.39 is 0 Å². The number of methoxy groups -OCH3 is 2. The minimum atomic E-state index is -0.0855. The number of fused-ring (bicyclic) bond motifs is 2. The van der Waals surface area contributed by atoms with E-state index in [0.717, 1.165) is 12.2 Å². The van der Waals surface area contributed by atoms with Crippen LogP contribution in [0.5, 0.6) is 5.75 Å². The number of carbonyl (C=O) groups is 1. The van der Waals surface area contributed by atoms with Crippen molar-refractivity contribution in [3.05, 3.63) is 42.0 Å². The Labute approximate surface area is 113 Å². The summed E-state index contributed by atoms with van der Waals surface area (Å²) < 4.78 is 10.2. The Bertz CT molecular complexity index is 503. The number of ether oxygens (including phenoxy) is 2. The molecule has 0 heterocycles. The molecule has 19 heavy (non-hydrogen) atoms. The topological polar surface area (TPSA) is 35.5 Å². The van der Waals surface area contributed by atoms with Gasteiger partial charge in [0.1, 0.15) is 5.75 Å². The van der Waals surface area contributed by atoms with Crippen LogP contribution in [0.25, 0.3) is 0 Å². The van der Waals surface area contributed by atoms with Gasteiger partial charge in [-0.15, -0.1) is 0 Å². The average molecular weight is 258 g/mol. The molecule has 3 rings (SSSR count). The highest BCUT2D eigenvalue weighted by molar-refractivity contribution is 5.75. The highest BCUT2D eigenvalue weighted by Crippen LogP contribution is 2.53. The Morgan fingerprint density at radius 3 is 2.42 bits per heavy atom. The van der Waals surface area contributed by atoms with Crippen molar-refractivity contribution in [2.75, 3.05) is 14.2 Å². The van der Waals surface area contributed by atoms with Gasteiger partial charge in [0.2, 0.25) is 0 Å². The standard InChI is InChI=1S/C16H18O3/c1-18-13-7-5-10(6-8-13)14-11-3-4-12(9-11)15(14)16(17)19-2/h3-8,11-12,14-15H,9H2,1-2H3. The minimum Gasteiger partial charge on any atom is -0.497 e. The van der Waals surface area contributed by atoms with Gasteiger partial charge in [0.25, 0.3) is 0 Å². The van der Waals surface area contributed by atoms with Crippen LogP contribution in [0.2, 0.25) is 0 Å². The predicted octanol–water partition coefficient (Wildman–Crippen LogP) is 2.77. The van der Waals surface area contributed by atoms with Crippen LogP contribution in [-0.2, 0) is 9.53 Å². The number of benzene rings is 1. The van der Waals surface area contributed by atoms with Gasteiger partial charge < -0.3 is 9.47 Å². The Morgan fingerprint density at radius 2 is 1.79 bits per heavy atom. The molecule has 0 N–H and O–H groups in total. The monoisotopic (exact) mass is 258 g/mol. The van der Waals surface area contributed by atoms with E-state index in [1.165, 1.54) is 12.7 Å². The van der Waals surface area contributed by atoms with Crippen LogP contribution in [0.15, 0.2) is 36.4 Å². The molecular formula is C16H18O3. The second-order valence-electron chi connectivity index (χ2n) is 5.30. The third kappa shape index (κ3) is 1.93. The molecule has 3 nitrogen and oxygen atoms in total. The molecule has 4 atom stereocenters. The van der Waals surface area contributed by atoms with Gasteiger partial charge in [-0.25, -0.2) is 0 Å². The maximum atomic E-state index is 12.0. The van der Waals surface area contributed by atoms with Gasteiger partial charge in [-0.3, -0.25) is 4.79 Å². The minimum absolute atomic E-state index is 0.0339. The summed E-state index contributed by atoms with van der Waals surface area (Å²) in [4.78, 5) is 12.0. The molecule has 1 saturated carbocycles. The third-order valence-corrected chi connectivity index (χ3v) is 4.43. The van der Waals surface area contributed by atoms with Gasteiger partial charge in [-0.2, -0.15) is 0 Å². The number of rotatable bonds is 3. The van der Waals surface area contributed by atoms with Crippen LogP contribution in [0.4, 0.5) is 0 Å². The van der Waals surface area contributed by atoms with Crippen LogP contribution in [0, 0.1) is 17.8 Å². The van der Waals surface area contributed by atoms with Crippen molar-refractivity contribution in [2.45, 2.75) is 12.3 Å². The molecule has 0 amide bonds. The number of hydrogen-bond donors (Lipinski definition) is 0. The number of hydrogen-bond acceptors (Lipinski definition) is 3. The van der Waals surface area contributed by atoms with Crippen molar-refractivity contribution >= 4 is 5.97 Å². The van der Waals surface area contributed by atoms with Gasteiger partial charge in [-0.05, 0) is 36.0 Å². The normalized spacial score (nSPS) is 31.5. The molecule has 0 spiro atoms. The lowest BCUT2D eigenvalue weighted by atomic mass is 9.78. The van der Waals surface area contributed by atoms with Crippen molar-refractivity contribution in [3.63, 3.8) is 0 Å². The Hall–Kier alpha value is -1.77. The summed E-state index contributed by atoms with van der Waals surface area (Å²) in [6.07, 6.45) is 5.49. The highest BCUT2D eigenvalue weighted by atomic mass is 16.5. The lowest BCUT2D eigenvalue weighted by Crippen LogP contribution is -2.27. The molecule has 1 aromatic rings. The first-order valence-corrected chi connectivity index (χ1v) is 6.64. The number of esters is 1. The third-order valence-electron chi connectivity index (χ3n) is 4.43. The molecule has 0 radical (unpaired) electrons. The van der Waals surface area contributed by atoms with E-state index in [-0.39, 0.29) is 17.8 Å². The molecule has 2 aliphatic rings. The summed E-state index contributed by atoms with van der Waals surface area (Å²) in [5, 5.41) is 0. The average Bonchev–Trinajstić information content (AvgIpc) is 3.07. The second kappa shape index (κ2) is 4.72. The van der Waals surface area contributed by atoms with E-state index in [0.29, 0.717) is 11.8 Å². The van der Waals surface area contributed by atoms with Crippen molar-refractivity contribution in [1.82, 2.24) is 0 Å². The Balaban J connectivity index is 1.92. The van der Waals surface area contributed by atoms with E-state index in [1.54, 1.807) is 7.11 Å². The Kier molecular flexibility index (Phi) is 3.05. The molecule has 100 valence electrons. The molecule has 0 saturated heterocycles.